The van der Waals surface area contributed by atoms with Crippen LogP contribution in [-0.2, 0) is 4.74 Å². The van der Waals surface area contributed by atoms with Crippen LogP contribution in [0.4, 0.5) is 0 Å². The van der Waals surface area contributed by atoms with E-state index in [2.05, 4.69) is 31.0 Å². The molecule has 1 saturated carbocycles. The topological polar surface area (TPSA) is 24.5 Å². The van der Waals surface area contributed by atoms with Crippen molar-refractivity contribution in [3.63, 3.8) is 0 Å². The summed E-state index contributed by atoms with van der Waals surface area (Å²) in [7, 11) is 0. The number of hydrogen-bond acceptors (Lipinski definition) is 3. The molecule has 0 aromatic rings. The van der Waals surface area contributed by atoms with Crippen LogP contribution in [0.1, 0.15) is 72.1 Å². The van der Waals surface area contributed by atoms with Gasteiger partial charge in [0.15, 0.2) is 0 Å². The van der Waals surface area contributed by atoms with Crippen molar-refractivity contribution < 1.29 is 4.74 Å². The average Bonchev–Trinajstić information content (AvgIpc) is 2.46. The van der Waals surface area contributed by atoms with Gasteiger partial charge in [-0.05, 0) is 39.2 Å². The highest BCUT2D eigenvalue weighted by molar-refractivity contribution is 4.91. The Labute approximate surface area is 131 Å². The van der Waals surface area contributed by atoms with Crippen molar-refractivity contribution in [3.8, 4) is 0 Å². The molecular weight excluding hydrogens is 260 g/mol. The third-order valence-electron chi connectivity index (χ3n) is 5.29. The van der Waals surface area contributed by atoms with Crippen molar-refractivity contribution in [2.24, 2.45) is 0 Å². The van der Waals surface area contributed by atoms with Crippen LogP contribution < -0.4 is 5.32 Å². The molecule has 1 aliphatic heterocycles. The van der Waals surface area contributed by atoms with Gasteiger partial charge in [0.2, 0.25) is 0 Å². The van der Waals surface area contributed by atoms with Crippen LogP contribution in [0.3, 0.4) is 0 Å². The van der Waals surface area contributed by atoms with Crippen molar-refractivity contribution in [2.75, 3.05) is 19.7 Å². The molecule has 4 atom stereocenters. The van der Waals surface area contributed by atoms with E-state index in [1.807, 2.05) is 0 Å². The van der Waals surface area contributed by atoms with Crippen LogP contribution in [0.5, 0.6) is 0 Å². The lowest BCUT2D eigenvalue weighted by molar-refractivity contribution is -0.0805. The van der Waals surface area contributed by atoms with Gasteiger partial charge in [0.25, 0.3) is 0 Å². The second kappa shape index (κ2) is 9.12. The third-order valence-corrected chi connectivity index (χ3v) is 5.29. The number of rotatable bonds is 5. The Morgan fingerprint density at radius 3 is 2.57 bits per heavy atom. The van der Waals surface area contributed by atoms with Crippen molar-refractivity contribution >= 4 is 0 Å². The molecule has 124 valence electrons. The highest BCUT2D eigenvalue weighted by Gasteiger charge is 2.35. The van der Waals surface area contributed by atoms with Gasteiger partial charge in [-0.1, -0.05) is 39.5 Å². The molecule has 2 rings (SSSR count). The van der Waals surface area contributed by atoms with E-state index in [0.29, 0.717) is 24.2 Å². The second-order valence-electron chi connectivity index (χ2n) is 7.02. The molecule has 0 bridgehead atoms. The van der Waals surface area contributed by atoms with E-state index in [1.165, 1.54) is 51.4 Å². The fourth-order valence-corrected chi connectivity index (χ4v) is 4.06. The number of nitrogens with one attached hydrogen (secondary N) is 1. The van der Waals surface area contributed by atoms with Gasteiger partial charge in [-0.2, -0.15) is 0 Å². The quantitative estimate of drug-likeness (QED) is 0.839. The van der Waals surface area contributed by atoms with E-state index in [0.717, 1.165) is 19.7 Å². The van der Waals surface area contributed by atoms with Gasteiger partial charge < -0.3 is 10.1 Å². The summed E-state index contributed by atoms with van der Waals surface area (Å²) in [6.07, 6.45) is 11.2. The molecule has 0 aromatic carbocycles. The Bertz CT molecular complexity index is 282. The first-order valence-electron chi connectivity index (χ1n) is 9.37. The minimum atomic E-state index is 0.394. The van der Waals surface area contributed by atoms with Crippen molar-refractivity contribution in [1.29, 1.82) is 0 Å². The molecule has 0 spiro atoms. The van der Waals surface area contributed by atoms with E-state index < -0.39 is 0 Å². The van der Waals surface area contributed by atoms with Gasteiger partial charge in [-0.15, -0.1) is 0 Å². The predicted molar refractivity (Wildman–Crippen MR) is 89.8 cm³/mol. The zero-order valence-corrected chi connectivity index (χ0v) is 14.4. The molecule has 3 heteroatoms. The minimum absolute atomic E-state index is 0.394. The summed E-state index contributed by atoms with van der Waals surface area (Å²) < 4.78 is 5.91. The first kappa shape index (κ1) is 17.2. The van der Waals surface area contributed by atoms with Crippen LogP contribution in [0, 0.1) is 0 Å². The first-order valence-corrected chi connectivity index (χ1v) is 9.37. The summed E-state index contributed by atoms with van der Waals surface area (Å²) in [5, 5.41) is 3.86. The van der Waals surface area contributed by atoms with Crippen LogP contribution in [0.15, 0.2) is 0 Å². The molecular formula is C18H36N2O. The molecule has 2 fully saturated rings. The van der Waals surface area contributed by atoms with Crippen LogP contribution in [0.2, 0.25) is 0 Å². The first-order chi connectivity index (χ1) is 10.3. The zero-order chi connectivity index (χ0) is 15.1. The molecule has 0 radical (unpaired) electrons. The zero-order valence-electron chi connectivity index (χ0n) is 14.4. The second-order valence-corrected chi connectivity index (χ2v) is 7.02. The molecule has 1 aliphatic carbocycles. The number of hydrogen-bond donors (Lipinski definition) is 1. The summed E-state index contributed by atoms with van der Waals surface area (Å²) in [5.74, 6) is 0. The monoisotopic (exact) mass is 296 g/mol. The van der Waals surface area contributed by atoms with E-state index in [-0.39, 0.29) is 0 Å². The van der Waals surface area contributed by atoms with Gasteiger partial charge in [0, 0.05) is 24.7 Å². The van der Waals surface area contributed by atoms with E-state index in [9.17, 15) is 0 Å². The third kappa shape index (κ3) is 4.94. The van der Waals surface area contributed by atoms with Crippen LogP contribution in [-0.4, -0.2) is 48.8 Å². The van der Waals surface area contributed by atoms with Gasteiger partial charge in [-0.25, -0.2) is 0 Å². The normalized spacial score (nSPS) is 36.1. The summed E-state index contributed by atoms with van der Waals surface area (Å²) in [4.78, 5) is 2.80. The fourth-order valence-electron chi connectivity index (χ4n) is 4.06. The number of ether oxygens (including phenoxy) is 1. The van der Waals surface area contributed by atoms with E-state index in [4.69, 9.17) is 4.74 Å². The summed E-state index contributed by atoms with van der Waals surface area (Å²) >= 11 is 0. The Kier molecular flexibility index (Phi) is 7.48. The van der Waals surface area contributed by atoms with Gasteiger partial charge in [-0.3, -0.25) is 4.90 Å². The maximum Gasteiger partial charge on any atom is 0.0674 e. The minimum Gasteiger partial charge on any atom is -0.376 e. The fraction of sp³-hybridized carbons (Fsp3) is 1.00. The van der Waals surface area contributed by atoms with Crippen molar-refractivity contribution in [2.45, 2.75) is 96.4 Å². The van der Waals surface area contributed by atoms with Crippen LogP contribution in [0.25, 0.3) is 0 Å². The predicted octanol–water partition coefficient (Wildman–Crippen LogP) is 3.58. The molecule has 21 heavy (non-hydrogen) atoms. The molecule has 0 amide bonds. The standard InChI is InChI=1S/C18H36N2O/c1-4-12-19-17-10-8-6-7-9-11-18(17)20-13-15(3)21-14-16(20)5-2/h15-19H,4-14H2,1-3H3. The number of morpholine rings is 1. The molecule has 1 N–H and O–H groups in total. The van der Waals surface area contributed by atoms with Crippen LogP contribution >= 0.6 is 0 Å². The lowest BCUT2D eigenvalue weighted by Crippen LogP contribution is -2.59. The maximum absolute atomic E-state index is 5.91. The van der Waals surface area contributed by atoms with E-state index >= 15 is 0 Å². The lowest BCUT2D eigenvalue weighted by Gasteiger charge is -2.46. The Balaban J connectivity index is 2.07. The molecule has 1 saturated heterocycles. The van der Waals surface area contributed by atoms with Gasteiger partial charge in [0.1, 0.15) is 0 Å². The Hall–Kier alpha value is -0.120. The van der Waals surface area contributed by atoms with Gasteiger partial charge >= 0.3 is 0 Å². The molecule has 2 aliphatic rings. The SMILES string of the molecule is CCCNC1CCCCCCC1N1CC(C)OCC1CC. The molecule has 3 nitrogen and oxygen atoms in total. The molecule has 4 unspecified atom stereocenters. The molecule has 0 aromatic heterocycles. The van der Waals surface area contributed by atoms with Crippen molar-refractivity contribution in [1.82, 2.24) is 10.2 Å². The number of nitrogens with zero attached hydrogens (tertiary/aromatic N) is 1. The largest absolute Gasteiger partial charge is 0.376 e. The van der Waals surface area contributed by atoms with Gasteiger partial charge in [0.05, 0.1) is 12.7 Å². The van der Waals surface area contributed by atoms with E-state index in [1.54, 1.807) is 0 Å². The average molecular weight is 296 g/mol. The summed E-state index contributed by atoms with van der Waals surface area (Å²) in [6, 6.07) is 2.02. The Morgan fingerprint density at radius 2 is 1.86 bits per heavy atom. The Morgan fingerprint density at radius 1 is 1.10 bits per heavy atom. The highest BCUT2D eigenvalue weighted by Crippen LogP contribution is 2.27. The maximum atomic E-state index is 5.91. The lowest BCUT2D eigenvalue weighted by atomic mass is 9.89. The summed E-state index contributed by atoms with van der Waals surface area (Å²) in [5.41, 5.74) is 0. The van der Waals surface area contributed by atoms with Crippen molar-refractivity contribution in [3.05, 3.63) is 0 Å². The summed E-state index contributed by atoms with van der Waals surface area (Å²) in [6.45, 7) is 10.0. The smallest absolute Gasteiger partial charge is 0.0674 e. The molecule has 1 heterocycles. The highest BCUT2D eigenvalue weighted by atomic mass is 16.5.